The van der Waals surface area contributed by atoms with Crippen LogP contribution in [0, 0.1) is 17.0 Å². The molecular formula is C34H30BrClN4O5. The largest absolute Gasteiger partial charge is 0.494 e. The topological polar surface area (TPSA) is 109 Å². The fourth-order valence-electron chi connectivity index (χ4n) is 4.89. The molecule has 230 valence electrons. The Labute approximate surface area is 273 Å². The van der Waals surface area contributed by atoms with Crippen LogP contribution in [-0.4, -0.2) is 27.4 Å². The molecule has 0 fully saturated rings. The molecule has 0 saturated carbocycles. The van der Waals surface area contributed by atoms with Gasteiger partial charge in [-0.2, -0.15) is 9.78 Å². The number of fused-ring (bicyclic) bond motifs is 1. The number of halogens is 2. The number of para-hydroxylation sites is 1. The highest BCUT2D eigenvalue weighted by Crippen LogP contribution is 2.37. The van der Waals surface area contributed by atoms with E-state index in [1.54, 1.807) is 48.5 Å². The Kier molecular flexibility index (Phi) is 9.65. The van der Waals surface area contributed by atoms with Crippen molar-refractivity contribution in [2.75, 3.05) is 6.61 Å². The number of benzene rings is 4. The van der Waals surface area contributed by atoms with Gasteiger partial charge in [-0.15, -0.1) is 0 Å². The van der Waals surface area contributed by atoms with E-state index in [0.29, 0.717) is 38.4 Å². The molecule has 0 aliphatic heterocycles. The van der Waals surface area contributed by atoms with Crippen molar-refractivity contribution in [3.8, 4) is 22.9 Å². The first-order valence-electron chi connectivity index (χ1n) is 14.3. The van der Waals surface area contributed by atoms with Gasteiger partial charge in [0.15, 0.2) is 5.82 Å². The minimum atomic E-state index is -0.523. The number of nitro groups is 1. The molecule has 11 heteroatoms. The summed E-state index contributed by atoms with van der Waals surface area (Å²) in [5, 5.41) is 17.6. The molecule has 0 spiro atoms. The van der Waals surface area contributed by atoms with Gasteiger partial charge in [0.05, 0.1) is 33.1 Å². The van der Waals surface area contributed by atoms with E-state index in [0.717, 1.165) is 28.0 Å². The van der Waals surface area contributed by atoms with Crippen molar-refractivity contribution < 1.29 is 14.4 Å². The first-order valence-corrected chi connectivity index (χ1v) is 15.4. The predicted octanol–water partition coefficient (Wildman–Crippen LogP) is 8.68. The summed E-state index contributed by atoms with van der Waals surface area (Å²) in [7, 11) is 0. The quantitative estimate of drug-likeness (QED) is 0.0825. The van der Waals surface area contributed by atoms with E-state index in [2.05, 4.69) is 34.9 Å². The Bertz CT molecular complexity index is 1990. The smallest absolute Gasteiger partial charge is 0.312 e. The van der Waals surface area contributed by atoms with Crippen molar-refractivity contribution in [1.29, 1.82) is 0 Å². The number of hydrogen-bond donors (Lipinski definition) is 0. The fourth-order valence-corrected chi connectivity index (χ4v) is 5.60. The van der Waals surface area contributed by atoms with Crippen LogP contribution in [0.3, 0.4) is 0 Å². The zero-order valence-electron chi connectivity index (χ0n) is 25.1. The number of aromatic nitrogens is 2. The maximum Gasteiger partial charge on any atom is 0.312 e. The Hall–Kier alpha value is -4.54. The maximum absolute atomic E-state index is 13.8. The summed E-state index contributed by atoms with van der Waals surface area (Å²) in [6.45, 7) is 8.64. The molecule has 0 radical (unpaired) electrons. The highest BCUT2D eigenvalue weighted by molar-refractivity contribution is 9.10. The average Bonchev–Trinajstić information content (AvgIpc) is 3.00. The highest BCUT2D eigenvalue weighted by Gasteiger charge is 2.22. The van der Waals surface area contributed by atoms with Crippen LogP contribution in [-0.2, 0) is 6.61 Å². The van der Waals surface area contributed by atoms with Crippen molar-refractivity contribution in [3.63, 3.8) is 0 Å². The second kappa shape index (κ2) is 13.6. The van der Waals surface area contributed by atoms with Gasteiger partial charge >= 0.3 is 5.69 Å². The second-order valence-electron chi connectivity index (χ2n) is 10.6. The minimum Gasteiger partial charge on any atom is -0.494 e. The fraction of sp³-hybridized carbons (Fsp3) is 0.206. The molecule has 0 amide bonds. The van der Waals surface area contributed by atoms with Crippen LogP contribution in [0.25, 0.3) is 22.3 Å². The lowest BCUT2D eigenvalue weighted by atomic mass is 9.96. The van der Waals surface area contributed by atoms with Gasteiger partial charge in [0.1, 0.15) is 12.4 Å². The normalized spacial score (nSPS) is 11.4. The molecule has 0 N–H and O–H groups in total. The third-order valence-electron chi connectivity index (χ3n) is 7.14. The minimum absolute atomic E-state index is 0.0727. The number of nitro benzene ring substituents is 1. The van der Waals surface area contributed by atoms with Crippen molar-refractivity contribution in [2.45, 2.75) is 40.2 Å². The van der Waals surface area contributed by atoms with Gasteiger partial charge in [0, 0.05) is 22.2 Å². The van der Waals surface area contributed by atoms with Gasteiger partial charge in [-0.3, -0.25) is 14.9 Å². The monoisotopic (exact) mass is 688 g/mol. The highest BCUT2D eigenvalue weighted by atomic mass is 79.9. The summed E-state index contributed by atoms with van der Waals surface area (Å²) in [5.74, 6) is 1.34. The van der Waals surface area contributed by atoms with E-state index in [1.807, 2.05) is 32.0 Å². The van der Waals surface area contributed by atoms with E-state index in [9.17, 15) is 14.9 Å². The predicted molar refractivity (Wildman–Crippen MR) is 181 cm³/mol. The number of aryl methyl sites for hydroxylation is 1. The molecule has 5 aromatic rings. The summed E-state index contributed by atoms with van der Waals surface area (Å²) in [6.07, 6.45) is 1.40. The van der Waals surface area contributed by atoms with Crippen LogP contribution in [0.4, 0.5) is 5.69 Å². The maximum atomic E-state index is 13.8. The molecule has 45 heavy (non-hydrogen) atoms. The van der Waals surface area contributed by atoms with Gasteiger partial charge in [0.2, 0.25) is 5.75 Å². The third-order valence-corrected chi connectivity index (χ3v) is 7.98. The molecule has 1 aromatic heterocycles. The van der Waals surface area contributed by atoms with Crippen molar-refractivity contribution in [3.05, 3.63) is 125 Å². The van der Waals surface area contributed by atoms with E-state index in [4.69, 9.17) is 26.1 Å². The number of ether oxygens (including phenoxy) is 2. The second-order valence-corrected chi connectivity index (χ2v) is 11.9. The molecule has 0 saturated heterocycles. The molecule has 0 aliphatic rings. The first-order chi connectivity index (χ1) is 21.6. The molecule has 4 aromatic carbocycles. The molecule has 1 heterocycles. The van der Waals surface area contributed by atoms with Crippen LogP contribution in [0.15, 0.2) is 87.2 Å². The van der Waals surface area contributed by atoms with Crippen LogP contribution < -0.4 is 15.0 Å². The molecule has 9 nitrogen and oxygen atoms in total. The third kappa shape index (κ3) is 6.92. The summed E-state index contributed by atoms with van der Waals surface area (Å²) in [5.41, 5.74) is 3.63. The number of nitrogens with zero attached hydrogens (tertiary/aromatic N) is 4. The van der Waals surface area contributed by atoms with E-state index in [1.165, 1.54) is 17.0 Å². The molecule has 0 aliphatic carbocycles. The standard InChI is InChI=1S/C34H30BrClN4O5/c1-5-44-31-14-21(4)27(17-26(31)20(2)3)33-38-29-9-7-6-8-25(29)34(41)39(33)37-18-23-15-28(35)32(30(16-23)40(42)43)45-19-22-10-12-24(36)13-11-22/h6-18,20H,5,19H2,1-4H3. The number of hydrogen-bond acceptors (Lipinski definition) is 7. The Morgan fingerprint density at radius 1 is 1.09 bits per heavy atom. The first kappa shape index (κ1) is 31.9. The van der Waals surface area contributed by atoms with Crippen LogP contribution >= 0.6 is 27.5 Å². The Morgan fingerprint density at radius 3 is 2.51 bits per heavy atom. The van der Waals surface area contributed by atoms with E-state index >= 15 is 0 Å². The Balaban J connectivity index is 1.61. The lowest BCUT2D eigenvalue weighted by Gasteiger charge is -2.18. The molecule has 0 atom stereocenters. The van der Waals surface area contributed by atoms with Gasteiger partial charge in [-0.05, 0) is 94.9 Å². The lowest BCUT2D eigenvalue weighted by Crippen LogP contribution is -2.21. The molecule has 0 unspecified atom stereocenters. The van der Waals surface area contributed by atoms with E-state index < -0.39 is 4.92 Å². The van der Waals surface area contributed by atoms with E-state index in [-0.39, 0.29) is 29.5 Å². The molecular weight excluding hydrogens is 660 g/mol. The molecule has 0 bridgehead atoms. The van der Waals surface area contributed by atoms with Gasteiger partial charge in [0.25, 0.3) is 5.56 Å². The van der Waals surface area contributed by atoms with Crippen LogP contribution in [0.5, 0.6) is 11.5 Å². The van der Waals surface area contributed by atoms with Crippen molar-refractivity contribution in [2.24, 2.45) is 5.10 Å². The summed E-state index contributed by atoms with van der Waals surface area (Å²) in [4.78, 5) is 30.2. The SMILES string of the molecule is CCOc1cc(C)c(-c2nc3ccccc3c(=O)n2N=Cc2cc(Br)c(OCc3ccc(Cl)cc3)c([N+](=O)[O-])c2)cc1C(C)C. The van der Waals surface area contributed by atoms with Gasteiger partial charge in [-0.1, -0.05) is 49.7 Å². The molecule has 5 rings (SSSR count). The summed E-state index contributed by atoms with van der Waals surface area (Å²) < 4.78 is 13.3. The van der Waals surface area contributed by atoms with Crippen molar-refractivity contribution >= 4 is 50.3 Å². The van der Waals surface area contributed by atoms with Gasteiger partial charge in [-0.25, -0.2) is 4.98 Å². The van der Waals surface area contributed by atoms with Crippen LogP contribution in [0.2, 0.25) is 5.02 Å². The number of rotatable bonds is 10. The lowest BCUT2D eigenvalue weighted by molar-refractivity contribution is -0.386. The van der Waals surface area contributed by atoms with Crippen molar-refractivity contribution in [1.82, 2.24) is 9.66 Å². The zero-order chi connectivity index (χ0) is 32.2. The summed E-state index contributed by atoms with van der Waals surface area (Å²) in [6, 6.07) is 21.0. The zero-order valence-corrected chi connectivity index (χ0v) is 27.4. The average molecular weight is 690 g/mol. The van der Waals surface area contributed by atoms with Gasteiger partial charge < -0.3 is 9.47 Å². The Morgan fingerprint density at radius 2 is 1.82 bits per heavy atom. The summed E-state index contributed by atoms with van der Waals surface area (Å²) >= 11 is 9.38. The van der Waals surface area contributed by atoms with Crippen LogP contribution in [0.1, 0.15) is 48.9 Å².